The van der Waals surface area contributed by atoms with Crippen LogP contribution in [0, 0.1) is 11.7 Å². The predicted octanol–water partition coefficient (Wildman–Crippen LogP) is 6.97. The third-order valence-electron chi connectivity index (χ3n) is 6.45. The molecule has 0 saturated carbocycles. The Hall–Kier alpha value is -3.34. The number of aromatic nitrogens is 1. The summed E-state index contributed by atoms with van der Waals surface area (Å²) < 4.78 is 95.5. The zero-order valence-electron chi connectivity index (χ0n) is 19.6. The van der Waals surface area contributed by atoms with Crippen LogP contribution in [0.4, 0.5) is 35.5 Å². The number of benzene rings is 2. The molecule has 1 N–H and O–H groups in total. The van der Waals surface area contributed by atoms with Gasteiger partial charge in [-0.25, -0.2) is 9.18 Å². The predicted molar refractivity (Wildman–Crippen MR) is 126 cm³/mol. The summed E-state index contributed by atoms with van der Waals surface area (Å²) in [6.45, 7) is -0.843. The highest BCUT2D eigenvalue weighted by Gasteiger charge is 2.47. The van der Waals surface area contributed by atoms with Gasteiger partial charge >= 0.3 is 18.4 Å². The van der Waals surface area contributed by atoms with E-state index in [9.17, 15) is 35.5 Å². The number of pyridine rings is 1. The van der Waals surface area contributed by atoms with Gasteiger partial charge < -0.3 is 10.2 Å². The number of hydrogen-bond donors (Lipinski definition) is 1. The lowest BCUT2D eigenvalue weighted by molar-refractivity contribution is -0.169. The highest BCUT2D eigenvalue weighted by atomic mass is 35.5. The maximum absolute atomic E-state index is 14.6. The summed E-state index contributed by atoms with van der Waals surface area (Å²) in [5, 5.41) is 2.82. The number of urea groups is 1. The summed E-state index contributed by atoms with van der Waals surface area (Å²) in [5.74, 6) is -2.95. The minimum absolute atomic E-state index is 0.0180. The number of nitrogens with one attached hydrogen (secondary N) is 1. The zero-order chi connectivity index (χ0) is 27.7. The molecule has 2 atom stereocenters. The second-order valence-electron chi connectivity index (χ2n) is 9.06. The van der Waals surface area contributed by atoms with E-state index in [4.69, 9.17) is 11.6 Å². The summed E-state index contributed by atoms with van der Waals surface area (Å²) >= 11 is 5.97. The monoisotopic (exact) mass is 559 g/mol. The summed E-state index contributed by atoms with van der Waals surface area (Å²) in [6.07, 6.45) is -8.73. The molecule has 38 heavy (non-hydrogen) atoms. The van der Waals surface area contributed by atoms with Crippen molar-refractivity contribution in [1.82, 2.24) is 15.2 Å². The lowest BCUT2D eigenvalue weighted by Gasteiger charge is -2.37. The fourth-order valence-corrected chi connectivity index (χ4v) is 4.64. The number of carbonyl (C=O) groups excluding carboxylic acids is 1. The molecule has 0 radical (unpaired) electrons. The van der Waals surface area contributed by atoms with E-state index in [1.165, 1.54) is 18.3 Å². The molecular weight excluding hydrogens is 539 g/mol. The van der Waals surface area contributed by atoms with Gasteiger partial charge in [0.15, 0.2) is 0 Å². The van der Waals surface area contributed by atoms with Crippen LogP contribution in [0.15, 0.2) is 66.9 Å². The van der Waals surface area contributed by atoms with Crippen molar-refractivity contribution in [2.24, 2.45) is 5.92 Å². The van der Waals surface area contributed by atoms with Crippen molar-refractivity contribution < 1.29 is 35.5 Å². The van der Waals surface area contributed by atoms with Gasteiger partial charge in [-0.2, -0.15) is 26.3 Å². The molecule has 0 bridgehead atoms. The normalized spacial score (nSPS) is 17.8. The second kappa shape index (κ2) is 10.4. The molecule has 0 aliphatic carbocycles. The van der Waals surface area contributed by atoms with Crippen molar-refractivity contribution >= 4 is 17.6 Å². The standard InChI is InChI=1S/C26H21ClF7N3O/c27-20-6-7-22(35-14-20)24(13-16-4-2-1-3-5-16,18-10-19(26(32,33)34)12-21(28)11-18)36-23(38)37-9-8-17(15-37)25(29,30)31/h1-7,10-12,14,17H,8-9,13,15H2,(H,36,38)/t17?,24-/m0/s1. The molecule has 1 unspecified atom stereocenters. The lowest BCUT2D eigenvalue weighted by atomic mass is 9.79. The Morgan fingerprint density at radius 3 is 2.26 bits per heavy atom. The van der Waals surface area contributed by atoms with Gasteiger partial charge in [-0.05, 0) is 47.9 Å². The first-order valence-corrected chi connectivity index (χ1v) is 11.8. The number of halogens is 8. The summed E-state index contributed by atoms with van der Waals surface area (Å²) in [4.78, 5) is 18.6. The van der Waals surface area contributed by atoms with Gasteiger partial charge in [-0.3, -0.25) is 4.98 Å². The first-order valence-electron chi connectivity index (χ1n) is 11.5. The van der Waals surface area contributed by atoms with Gasteiger partial charge in [-0.15, -0.1) is 0 Å². The molecule has 0 spiro atoms. The molecule has 202 valence electrons. The van der Waals surface area contributed by atoms with E-state index >= 15 is 0 Å². The van der Waals surface area contributed by atoms with Gasteiger partial charge in [0.25, 0.3) is 0 Å². The Morgan fingerprint density at radius 2 is 1.68 bits per heavy atom. The van der Waals surface area contributed by atoms with Crippen molar-refractivity contribution in [3.63, 3.8) is 0 Å². The van der Waals surface area contributed by atoms with Crippen molar-refractivity contribution in [2.75, 3.05) is 13.1 Å². The summed E-state index contributed by atoms with van der Waals surface area (Å²) in [5.41, 5.74) is -2.93. The molecule has 1 fully saturated rings. The van der Waals surface area contributed by atoms with E-state index in [1.54, 1.807) is 30.3 Å². The molecule has 4 nitrogen and oxygen atoms in total. The Kier molecular flexibility index (Phi) is 7.60. The van der Waals surface area contributed by atoms with Crippen molar-refractivity contribution in [1.29, 1.82) is 0 Å². The van der Waals surface area contributed by atoms with E-state index in [1.807, 2.05) is 0 Å². The number of likely N-dealkylation sites (tertiary alicyclic amines) is 1. The molecule has 1 aromatic heterocycles. The van der Waals surface area contributed by atoms with Crippen LogP contribution in [0.5, 0.6) is 0 Å². The van der Waals surface area contributed by atoms with Crippen LogP contribution in [0.3, 0.4) is 0 Å². The third-order valence-corrected chi connectivity index (χ3v) is 6.68. The van der Waals surface area contributed by atoms with Crippen LogP contribution < -0.4 is 5.32 Å². The Balaban J connectivity index is 1.88. The Bertz CT molecular complexity index is 1280. The number of amides is 2. The van der Waals surface area contributed by atoms with Crippen LogP contribution in [-0.2, 0) is 18.1 Å². The number of carbonyl (C=O) groups is 1. The average molecular weight is 560 g/mol. The summed E-state index contributed by atoms with van der Waals surface area (Å²) in [7, 11) is 0. The Morgan fingerprint density at radius 1 is 1.00 bits per heavy atom. The maximum Gasteiger partial charge on any atom is 0.416 e. The molecule has 3 aromatic rings. The van der Waals surface area contributed by atoms with E-state index in [2.05, 4.69) is 10.3 Å². The Labute approximate surface area is 218 Å². The second-order valence-corrected chi connectivity index (χ2v) is 9.50. The fraction of sp³-hybridized carbons (Fsp3) is 0.308. The van der Waals surface area contributed by atoms with E-state index in [0.717, 1.165) is 11.0 Å². The molecule has 2 amide bonds. The highest BCUT2D eigenvalue weighted by molar-refractivity contribution is 6.30. The van der Waals surface area contributed by atoms with E-state index in [0.29, 0.717) is 17.7 Å². The fourth-order valence-electron chi connectivity index (χ4n) is 4.52. The SMILES string of the molecule is O=C(N[C@@](Cc1ccccc1)(c1cc(F)cc(C(F)(F)F)c1)c1ccc(Cl)cn1)N1CCC(C(F)(F)F)C1. The van der Waals surface area contributed by atoms with Gasteiger partial charge in [0.2, 0.25) is 0 Å². The zero-order valence-corrected chi connectivity index (χ0v) is 20.3. The topological polar surface area (TPSA) is 45.2 Å². The minimum atomic E-state index is -4.92. The smallest absolute Gasteiger partial charge is 0.324 e. The quantitative estimate of drug-likeness (QED) is 0.343. The molecule has 1 aliphatic heterocycles. The van der Waals surface area contributed by atoms with Gasteiger partial charge in [0.1, 0.15) is 11.4 Å². The average Bonchev–Trinajstić information content (AvgIpc) is 3.35. The highest BCUT2D eigenvalue weighted by Crippen LogP contribution is 2.39. The molecule has 1 aliphatic rings. The van der Waals surface area contributed by atoms with E-state index < -0.39 is 47.8 Å². The van der Waals surface area contributed by atoms with Crippen LogP contribution in [0.1, 0.15) is 28.8 Å². The molecular formula is C26H21ClF7N3O. The maximum atomic E-state index is 14.6. The molecule has 2 aromatic carbocycles. The van der Waals surface area contributed by atoms with Crippen molar-refractivity contribution in [2.45, 2.75) is 30.7 Å². The van der Waals surface area contributed by atoms with Crippen LogP contribution in [-0.4, -0.2) is 35.2 Å². The molecule has 12 heteroatoms. The minimum Gasteiger partial charge on any atom is -0.324 e. The lowest BCUT2D eigenvalue weighted by Crippen LogP contribution is -2.53. The molecule has 2 heterocycles. The van der Waals surface area contributed by atoms with E-state index in [-0.39, 0.29) is 35.7 Å². The molecule has 1 saturated heterocycles. The molecule has 4 rings (SSSR count). The third kappa shape index (κ3) is 6.03. The first kappa shape index (κ1) is 27.7. The van der Waals surface area contributed by atoms with Gasteiger partial charge in [0.05, 0.1) is 22.2 Å². The van der Waals surface area contributed by atoms with Crippen LogP contribution in [0.2, 0.25) is 5.02 Å². The van der Waals surface area contributed by atoms with Gasteiger partial charge in [-0.1, -0.05) is 41.9 Å². The number of hydrogen-bond acceptors (Lipinski definition) is 2. The number of nitrogens with zero attached hydrogens (tertiary/aromatic N) is 2. The van der Waals surface area contributed by atoms with Crippen molar-refractivity contribution in [3.8, 4) is 0 Å². The van der Waals surface area contributed by atoms with Crippen molar-refractivity contribution in [3.05, 3.63) is 100 Å². The summed E-state index contributed by atoms with van der Waals surface area (Å²) in [6, 6.07) is 12.0. The number of alkyl halides is 6. The first-order chi connectivity index (χ1) is 17.8. The van der Waals surface area contributed by atoms with Gasteiger partial charge in [0, 0.05) is 25.7 Å². The largest absolute Gasteiger partial charge is 0.416 e. The van der Waals surface area contributed by atoms with Crippen LogP contribution in [0.25, 0.3) is 0 Å². The van der Waals surface area contributed by atoms with Crippen LogP contribution >= 0.6 is 11.6 Å². The number of rotatable bonds is 5.